The summed E-state index contributed by atoms with van der Waals surface area (Å²) in [6.07, 6.45) is 11.9. The molecule has 5 rings (SSSR count). The molecule has 0 radical (unpaired) electrons. The van der Waals surface area contributed by atoms with E-state index in [2.05, 4.69) is 34.6 Å². The number of ketones is 1. The average Bonchev–Trinajstić information content (AvgIpc) is 3.32. The van der Waals surface area contributed by atoms with Crippen molar-refractivity contribution in [2.75, 3.05) is 0 Å². The van der Waals surface area contributed by atoms with Gasteiger partial charge in [0.15, 0.2) is 11.4 Å². The maximum Gasteiger partial charge on any atom is 0.302 e. The number of Topliss-reactive ketones (excluding diaryl/α,β-unsaturated/α-hetero) is 1. The highest BCUT2D eigenvalue weighted by Crippen LogP contribution is 2.80. The van der Waals surface area contributed by atoms with Gasteiger partial charge in [-0.2, -0.15) is 0 Å². The second-order valence-corrected chi connectivity index (χ2v) is 13.5. The number of fused-ring (bicyclic) bond motifs is 2. The first-order valence-electron chi connectivity index (χ1n) is 13.9. The molecule has 1 heterocycles. The van der Waals surface area contributed by atoms with Gasteiger partial charge >= 0.3 is 5.97 Å². The van der Waals surface area contributed by atoms with E-state index >= 15 is 0 Å². The average molecular weight is 459 g/mol. The molecule has 0 amide bonds. The van der Waals surface area contributed by atoms with E-state index in [1.165, 1.54) is 39.0 Å². The summed E-state index contributed by atoms with van der Waals surface area (Å²) in [4.78, 5) is 25.4. The van der Waals surface area contributed by atoms with Gasteiger partial charge in [0.2, 0.25) is 0 Å². The summed E-state index contributed by atoms with van der Waals surface area (Å²) in [6.45, 7) is 13.5. The molecule has 0 bridgehead atoms. The molecule has 4 saturated carbocycles. The lowest BCUT2D eigenvalue weighted by molar-refractivity contribution is -0.160. The molecule has 186 valence electrons. The molecule has 1 aliphatic heterocycles. The highest BCUT2D eigenvalue weighted by molar-refractivity contribution is 5.94. The molecule has 5 aliphatic rings. The molecule has 0 N–H and O–H groups in total. The summed E-state index contributed by atoms with van der Waals surface area (Å²) in [5.41, 5.74) is -0.478. The zero-order valence-electron chi connectivity index (χ0n) is 21.9. The highest BCUT2D eigenvalue weighted by Gasteiger charge is 2.89. The maximum atomic E-state index is 13.9. The lowest BCUT2D eigenvalue weighted by Crippen LogP contribution is -2.62. The number of hydrogen-bond donors (Lipinski definition) is 0. The van der Waals surface area contributed by atoms with Crippen LogP contribution in [0.1, 0.15) is 112 Å². The Balaban J connectivity index is 1.37. The van der Waals surface area contributed by atoms with Crippen molar-refractivity contribution < 1.29 is 19.1 Å². The number of carbonyl (C=O) groups excluding carboxylic acids is 2. The minimum absolute atomic E-state index is 0.0205. The van der Waals surface area contributed by atoms with E-state index in [1.54, 1.807) is 0 Å². The van der Waals surface area contributed by atoms with Crippen LogP contribution >= 0.6 is 0 Å². The molecule has 0 aromatic rings. The highest BCUT2D eigenvalue weighted by atomic mass is 16.6. The standard InChI is InChI=1S/C29H46O4/c1-18(2)8-7-9-19(3)23-11-15-28-27(23,6)14-12-24-26(5)13-10-22(32-20(4)30)16-21(26)17-25(31)29(24,28)33-28/h18-19,21-24H,7-17H2,1-6H3/t19-,21-,22?,23?,24?,26?,27?,28+,29+/m1/s1. The minimum atomic E-state index is -0.522. The van der Waals surface area contributed by atoms with Crippen LogP contribution in [0, 0.1) is 40.4 Å². The zero-order chi connectivity index (χ0) is 23.8. The first-order chi connectivity index (χ1) is 15.5. The van der Waals surface area contributed by atoms with Crippen molar-refractivity contribution in [2.24, 2.45) is 40.4 Å². The topological polar surface area (TPSA) is 55.9 Å². The molecule has 33 heavy (non-hydrogen) atoms. The number of epoxide rings is 1. The number of esters is 1. The first kappa shape index (κ1) is 23.8. The van der Waals surface area contributed by atoms with Gasteiger partial charge < -0.3 is 9.47 Å². The van der Waals surface area contributed by atoms with Crippen LogP contribution in [0.5, 0.6) is 0 Å². The molecule has 4 heteroatoms. The minimum Gasteiger partial charge on any atom is -0.463 e. The van der Waals surface area contributed by atoms with Crippen molar-refractivity contribution in [3.8, 4) is 0 Å². The van der Waals surface area contributed by atoms with Crippen LogP contribution in [0.25, 0.3) is 0 Å². The summed E-state index contributed by atoms with van der Waals surface area (Å²) in [6, 6.07) is 0. The fourth-order valence-corrected chi connectivity index (χ4v) is 9.78. The summed E-state index contributed by atoms with van der Waals surface area (Å²) in [7, 11) is 0. The van der Waals surface area contributed by atoms with E-state index < -0.39 is 5.60 Å². The summed E-state index contributed by atoms with van der Waals surface area (Å²) in [5, 5.41) is 0. The van der Waals surface area contributed by atoms with Gasteiger partial charge in [-0.3, -0.25) is 9.59 Å². The lowest BCUT2D eigenvalue weighted by Gasteiger charge is -2.57. The molecule has 1 saturated heterocycles. The van der Waals surface area contributed by atoms with Gasteiger partial charge in [-0.1, -0.05) is 53.9 Å². The number of ether oxygens (including phenoxy) is 2. The van der Waals surface area contributed by atoms with Crippen molar-refractivity contribution in [2.45, 2.75) is 129 Å². The Labute approximate surface area is 200 Å². The van der Waals surface area contributed by atoms with E-state index in [-0.39, 0.29) is 28.5 Å². The Morgan fingerprint density at radius 2 is 1.85 bits per heavy atom. The molecular formula is C29H46O4. The Bertz CT molecular complexity index is 820. The van der Waals surface area contributed by atoms with Crippen molar-refractivity contribution in [3.05, 3.63) is 0 Å². The van der Waals surface area contributed by atoms with Gasteiger partial charge in [-0.15, -0.1) is 0 Å². The third kappa shape index (κ3) is 3.17. The van der Waals surface area contributed by atoms with E-state index in [0.29, 0.717) is 35.9 Å². The fraction of sp³-hybridized carbons (Fsp3) is 0.931. The smallest absolute Gasteiger partial charge is 0.302 e. The predicted octanol–water partition coefficient (Wildman–Crippen LogP) is 6.49. The van der Waals surface area contributed by atoms with Crippen molar-refractivity contribution in [3.63, 3.8) is 0 Å². The number of carbonyl (C=O) groups is 2. The SMILES string of the molecule is CC(=O)OC1CCC2(C)C3CCC4(C)C([C@H](C)CCCC(C)C)CC[C@]45O[C@]35C(=O)C[C@H]2C1. The van der Waals surface area contributed by atoms with Crippen molar-refractivity contribution in [1.29, 1.82) is 0 Å². The molecule has 2 spiro atoms. The Kier molecular flexibility index (Phi) is 5.63. The second-order valence-electron chi connectivity index (χ2n) is 13.5. The van der Waals surface area contributed by atoms with Crippen molar-refractivity contribution >= 4 is 11.8 Å². The third-order valence-electron chi connectivity index (χ3n) is 11.5. The van der Waals surface area contributed by atoms with Crippen LogP contribution in [0.2, 0.25) is 0 Å². The van der Waals surface area contributed by atoms with Gasteiger partial charge in [0.25, 0.3) is 0 Å². The largest absolute Gasteiger partial charge is 0.463 e. The van der Waals surface area contributed by atoms with Crippen LogP contribution in [-0.2, 0) is 19.1 Å². The molecule has 0 aromatic heterocycles. The Morgan fingerprint density at radius 1 is 1.09 bits per heavy atom. The third-order valence-corrected chi connectivity index (χ3v) is 11.5. The van der Waals surface area contributed by atoms with E-state index in [0.717, 1.165) is 38.0 Å². The predicted molar refractivity (Wildman–Crippen MR) is 129 cm³/mol. The fourth-order valence-electron chi connectivity index (χ4n) is 9.78. The zero-order valence-corrected chi connectivity index (χ0v) is 21.9. The molecule has 5 unspecified atom stereocenters. The molecule has 0 aromatic carbocycles. The maximum absolute atomic E-state index is 13.9. The number of hydrogen-bond acceptors (Lipinski definition) is 4. The van der Waals surface area contributed by atoms with E-state index in [4.69, 9.17) is 9.47 Å². The summed E-state index contributed by atoms with van der Waals surface area (Å²) < 4.78 is 12.5. The Hall–Kier alpha value is -0.900. The number of rotatable bonds is 6. The lowest BCUT2D eigenvalue weighted by atomic mass is 9.44. The van der Waals surface area contributed by atoms with Crippen LogP contribution < -0.4 is 0 Å². The molecule has 4 nitrogen and oxygen atoms in total. The van der Waals surface area contributed by atoms with Crippen LogP contribution in [-0.4, -0.2) is 29.1 Å². The molecule has 5 fully saturated rings. The second kappa shape index (κ2) is 7.80. The van der Waals surface area contributed by atoms with Crippen LogP contribution in [0.4, 0.5) is 0 Å². The van der Waals surface area contributed by atoms with E-state index in [9.17, 15) is 9.59 Å². The normalized spacial score (nSPS) is 49.0. The summed E-state index contributed by atoms with van der Waals surface area (Å²) in [5.74, 6) is 2.97. The van der Waals surface area contributed by atoms with Crippen LogP contribution in [0.3, 0.4) is 0 Å². The Morgan fingerprint density at radius 3 is 2.55 bits per heavy atom. The van der Waals surface area contributed by atoms with Gasteiger partial charge in [0.1, 0.15) is 11.7 Å². The first-order valence-corrected chi connectivity index (χ1v) is 13.9. The van der Waals surface area contributed by atoms with Gasteiger partial charge in [-0.05, 0) is 74.0 Å². The van der Waals surface area contributed by atoms with Gasteiger partial charge in [-0.25, -0.2) is 0 Å². The van der Waals surface area contributed by atoms with E-state index in [1.807, 2.05) is 0 Å². The quantitative estimate of drug-likeness (QED) is 0.337. The monoisotopic (exact) mass is 458 g/mol. The molecule has 9 atom stereocenters. The van der Waals surface area contributed by atoms with Crippen LogP contribution in [0.15, 0.2) is 0 Å². The summed E-state index contributed by atoms with van der Waals surface area (Å²) >= 11 is 0. The van der Waals surface area contributed by atoms with Gasteiger partial charge in [0, 0.05) is 24.7 Å². The molecule has 4 aliphatic carbocycles. The molecular weight excluding hydrogens is 412 g/mol. The van der Waals surface area contributed by atoms with Crippen molar-refractivity contribution in [1.82, 2.24) is 0 Å². The van der Waals surface area contributed by atoms with Gasteiger partial charge in [0.05, 0.1) is 0 Å².